The molecule has 1 aliphatic rings. The predicted octanol–water partition coefficient (Wildman–Crippen LogP) is 2.12. The Labute approximate surface area is 162 Å². The SMILES string of the molecule is CC(C)(C)c1c(OCc2ccccn2)nn2c(C3=NCC(CO)=C3)nncc12. The first-order valence-corrected chi connectivity index (χ1v) is 9.10. The zero-order valence-corrected chi connectivity index (χ0v) is 16.1. The maximum absolute atomic E-state index is 9.35. The van der Waals surface area contributed by atoms with Gasteiger partial charge in [0, 0.05) is 11.8 Å². The lowest BCUT2D eigenvalue weighted by Gasteiger charge is -2.18. The number of aliphatic imine (C=N–C) groups is 1. The van der Waals surface area contributed by atoms with Crippen molar-refractivity contribution in [3.05, 3.63) is 59.3 Å². The molecular weight excluding hydrogens is 356 g/mol. The van der Waals surface area contributed by atoms with Crippen molar-refractivity contribution in [3.8, 4) is 5.88 Å². The average Bonchev–Trinajstić information content (AvgIpc) is 3.30. The summed E-state index contributed by atoms with van der Waals surface area (Å²) in [5, 5.41) is 22.4. The number of hydrogen-bond acceptors (Lipinski definition) is 7. The van der Waals surface area contributed by atoms with Crippen molar-refractivity contribution in [1.82, 2.24) is 24.8 Å². The van der Waals surface area contributed by atoms with Gasteiger partial charge in [0.05, 0.1) is 30.6 Å². The predicted molar refractivity (Wildman–Crippen MR) is 105 cm³/mol. The third-order valence-electron chi connectivity index (χ3n) is 4.48. The highest BCUT2D eigenvalue weighted by Gasteiger charge is 2.28. The molecule has 4 heterocycles. The van der Waals surface area contributed by atoms with Crippen LogP contribution in [0.15, 0.2) is 47.2 Å². The van der Waals surface area contributed by atoms with Crippen LogP contribution in [0.25, 0.3) is 5.52 Å². The van der Waals surface area contributed by atoms with E-state index in [-0.39, 0.29) is 12.0 Å². The van der Waals surface area contributed by atoms with E-state index in [1.807, 2.05) is 24.3 Å². The Morgan fingerprint density at radius 1 is 1.25 bits per heavy atom. The molecule has 0 amide bonds. The third kappa shape index (κ3) is 3.38. The minimum absolute atomic E-state index is 0.0266. The first-order valence-electron chi connectivity index (χ1n) is 9.10. The van der Waals surface area contributed by atoms with Crippen molar-refractivity contribution in [3.63, 3.8) is 0 Å². The number of nitrogens with zero attached hydrogens (tertiary/aromatic N) is 6. The third-order valence-corrected chi connectivity index (χ3v) is 4.48. The van der Waals surface area contributed by atoms with Crippen molar-refractivity contribution in [2.75, 3.05) is 13.2 Å². The molecule has 0 saturated heterocycles. The largest absolute Gasteiger partial charge is 0.470 e. The molecule has 28 heavy (non-hydrogen) atoms. The maximum Gasteiger partial charge on any atom is 0.238 e. The number of fused-ring (bicyclic) bond motifs is 1. The Bertz CT molecular complexity index is 1060. The molecule has 0 radical (unpaired) electrons. The number of hydrogen-bond donors (Lipinski definition) is 1. The van der Waals surface area contributed by atoms with E-state index in [4.69, 9.17) is 4.74 Å². The van der Waals surface area contributed by atoms with E-state index in [1.165, 1.54) is 0 Å². The van der Waals surface area contributed by atoms with Crippen LogP contribution in [-0.4, -0.2) is 48.8 Å². The summed E-state index contributed by atoms with van der Waals surface area (Å²) in [6, 6.07) is 5.71. The zero-order chi connectivity index (χ0) is 19.7. The second kappa shape index (κ2) is 7.12. The highest BCUT2D eigenvalue weighted by molar-refractivity contribution is 6.08. The Morgan fingerprint density at radius 2 is 2.11 bits per heavy atom. The molecular formula is C20H22N6O2. The molecule has 0 saturated carbocycles. The minimum Gasteiger partial charge on any atom is -0.470 e. The smallest absolute Gasteiger partial charge is 0.238 e. The van der Waals surface area contributed by atoms with E-state index in [9.17, 15) is 5.11 Å². The highest BCUT2D eigenvalue weighted by atomic mass is 16.5. The number of ether oxygens (including phenoxy) is 1. The summed E-state index contributed by atoms with van der Waals surface area (Å²) in [6.07, 6.45) is 5.26. The van der Waals surface area contributed by atoms with E-state index in [1.54, 1.807) is 16.9 Å². The number of aliphatic hydroxyl groups excluding tert-OH is 1. The fourth-order valence-corrected chi connectivity index (χ4v) is 3.17. The first-order chi connectivity index (χ1) is 13.5. The van der Waals surface area contributed by atoms with Crippen LogP contribution >= 0.6 is 0 Å². The molecule has 8 heteroatoms. The van der Waals surface area contributed by atoms with Crippen LogP contribution in [0, 0.1) is 0 Å². The standard InChI is InChI=1S/C20H22N6O2/c1-20(2,3)17-16-10-23-24-18(15-8-13(11-27)9-22-15)26(16)25-19(17)28-12-14-6-4-5-7-21-14/h4-8,10,27H,9,11-12H2,1-3H3. The molecule has 0 aliphatic carbocycles. The molecule has 4 rings (SSSR count). The van der Waals surface area contributed by atoms with Gasteiger partial charge in [0.25, 0.3) is 0 Å². The topological polar surface area (TPSA) is 97.8 Å². The number of pyridine rings is 1. The lowest BCUT2D eigenvalue weighted by Crippen LogP contribution is -2.14. The summed E-state index contributed by atoms with van der Waals surface area (Å²) in [6.45, 7) is 7.07. The number of aromatic nitrogens is 5. The van der Waals surface area contributed by atoms with Gasteiger partial charge in [0.15, 0.2) is 0 Å². The summed E-state index contributed by atoms with van der Waals surface area (Å²) in [7, 11) is 0. The van der Waals surface area contributed by atoms with Crippen molar-refractivity contribution in [1.29, 1.82) is 0 Å². The fraction of sp³-hybridized carbons (Fsp3) is 0.350. The van der Waals surface area contributed by atoms with Crippen LogP contribution in [0.1, 0.15) is 37.9 Å². The van der Waals surface area contributed by atoms with Gasteiger partial charge in [-0.25, -0.2) is 4.52 Å². The molecule has 3 aromatic heterocycles. The van der Waals surface area contributed by atoms with Gasteiger partial charge in [0.2, 0.25) is 11.7 Å². The van der Waals surface area contributed by atoms with Crippen molar-refractivity contribution in [2.24, 2.45) is 4.99 Å². The molecule has 144 valence electrons. The molecule has 0 atom stereocenters. The Hall–Kier alpha value is -3.13. The van der Waals surface area contributed by atoms with Crippen molar-refractivity contribution in [2.45, 2.75) is 32.8 Å². The van der Waals surface area contributed by atoms with Crippen LogP contribution in [0.2, 0.25) is 0 Å². The van der Waals surface area contributed by atoms with Gasteiger partial charge in [-0.3, -0.25) is 9.98 Å². The molecule has 0 bridgehead atoms. The quantitative estimate of drug-likeness (QED) is 0.730. The molecule has 0 spiro atoms. The van der Waals surface area contributed by atoms with E-state index >= 15 is 0 Å². The Balaban J connectivity index is 1.79. The molecule has 0 fully saturated rings. The van der Waals surface area contributed by atoms with Crippen molar-refractivity contribution < 1.29 is 9.84 Å². The maximum atomic E-state index is 9.35. The zero-order valence-electron chi connectivity index (χ0n) is 16.1. The van der Waals surface area contributed by atoms with Gasteiger partial charge in [0.1, 0.15) is 12.3 Å². The summed E-state index contributed by atoms with van der Waals surface area (Å²) >= 11 is 0. The molecule has 3 aromatic rings. The summed E-state index contributed by atoms with van der Waals surface area (Å²) in [5.74, 6) is 1.05. The van der Waals surface area contributed by atoms with Crippen LogP contribution in [-0.2, 0) is 12.0 Å². The minimum atomic E-state index is -0.217. The first kappa shape index (κ1) is 18.2. The van der Waals surface area contributed by atoms with Gasteiger partial charge >= 0.3 is 0 Å². The number of allylic oxidation sites excluding steroid dienone is 1. The number of rotatable bonds is 5. The van der Waals surface area contributed by atoms with Crippen LogP contribution in [0.3, 0.4) is 0 Å². The molecule has 8 nitrogen and oxygen atoms in total. The Kier molecular flexibility index (Phi) is 4.64. The van der Waals surface area contributed by atoms with Crippen LogP contribution in [0.5, 0.6) is 5.88 Å². The second-order valence-corrected chi connectivity index (χ2v) is 7.67. The van der Waals surface area contributed by atoms with Crippen LogP contribution < -0.4 is 4.74 Å². The van der Waals surface area contributed by atoms with E-state index < -0.39 is 0 Å². The van der Waals surface area contributed by atoms with E-state index in [0.29, 0.717) is 30.6 Å². The summed E-state index contributed by atoms with van der Waals surface area (Å²) < 4.78 is 7.77. The van der Waals surface area contributed by atoms with Gasteiger partial charge in [-0.05, 0) is 29.2 Å². The van der Waals surface area contributed by atoms with Gasteiger partial charge in [-0.15, -0.1) is 10.2 Å². The average molecular weight is 378 g/mol. The molecule has 1 aliphatic heterocycles. The lowest BCUT2D eigenvalue weighted by atomic mass is 9.88. The normalized spacial score (nSPS) is 14.3. The Morgan fingerprint density at radius 3 is 2.79 bits per heavy atom. The van der Waals surface area contributed by atoms with Crippen molar-refractivity contribution >= 4 is 11.2 Å². The van der Waals surface area contributed by atoms with E-state index in [0.717, 1.165) is 22.3 Å². The lowest BCUT2D eigenvalue weighted by molar-refractivity contribution is 0.280. The fourth-order valence-electron chi connectivity index (χ4n) is 3.17. The van der Waals surface area contributed by atoms with Crippen LogP contribution in [0.4, 0.5) is 0 Å². The summed E-state index contributed by atoms with van der Waals surface area (Å²) in [5.41, 5.74) is 3.87. The number of aliphatic hydroxyl groups is 1. The highest BCUT2D eigenvalue weighted by Crippen LogP contribution is 2.35. The van der Waals surface area contributed by atoms with Gasteiger partial charge < -0.3 is 9.84 Å². The molecule has 1 N–H and O–H groups in total. The summed E-state index contributed by atoms with van der Waals surface area (Å²) in [4.78, 5) is 8.76. The monoisotopic (exact) mass is 378 g/mol. The molecule has 0 aromatic carbocycles. The second-order valence-electron chi connectivity index (χ2n) is 7.67. The van der Waals surface area contributed by atoms with E-state index in [2.05, 4.69) is 46.0 Å². The molecule has 0 unspecified atom stereocenters. The van der Waals surface area contributed by atoms with Gasteiger partial charge in [-0.1, -0.05) is 26.8 Å². The van der Waals surface area contributed by atoms with Gasteiger partial charge in [-0.2, -0.15) is 5.10 Å².